The predicted octanol–water partition coefficient (Wildman–Crippen LogP) is 2.72. The van der Waals surface area contributed by atoms with E-state index < -0.39 is 5.79 Å². The molecule has 0 radical (unpaired) electrons. The first kappa shape index (κ1) is 10.8. The van der Waals surface area contributed by atoms with Crippen molar-refractivity contribution >= 4 is 0 Å². The second-order valence-electron chi connectivity index (χ2n) is 6.36. The lowest BCUT2D eigenvalue weighted by atomic mass is 9.66. The molecule has 2 aliphatic heterocycles. The van der Waals surface area contributed by atoms with Crippen LogP contribution in [0.3, 0.4) is 0 Å². The lowest BCUT2D eigenvalue weighted by Gasteiger charge is -2.36. The summed E-state index contributed by atoms with van der Waals surface area (Å²) in [6.45, 7) is 10.7. The predicted molar refractivity (Wildman–Crippen MR) is 62.7 cm³/mol. The van der Waals surface area contributed by atoms with Crippen LogP contribution in [0.2, 0.25) is 0 Å². The van der Waals surface area contributed by atoms with Gasteiger partial charge in [-0.25, -0.2) is 0 Å². The molecule has 3 rings (SSSR count). The highest BCUT2D eigenvalue weighted by Crippen LogP contribution is 2.67. The maximum absolute atomic E-state index is 10.7. The molecule has 3 fully saturated rings. The van der Waals surface area contributed by atoms with Gasteiger partial charge in [0.2, 0.25) is 0 Å². The van der Waals surface area contributed by atoms with Crippen LogP contribution in [0.1, 0.15) is 40.0 Å². The van der Waals surface area contributed by atoms with Crippen molar-refractivity contribution in [2.45, 2.75) is 51.4 Å². The molecule has 16 heavy (non-hydrogen) atoms. The monoisotopic (exact) mass is 222 g/mol. The summed E-state index contributed by atoms with van der Waals surface area (Å²) in [5, 5.41) is 10.7. The molecule has 90 valence electrons. The van der Waals surface area contributed by atoms with Gasteiger partial charge in [0.25, 0.3) is 0 Å². The lowest BCUT2D eigenvalue weighted by Crippen LogP contribution is -2.41. The van der Waals surface area contributed by atoms with E-state index in [1.165, 1.54) is 6.42 Å². The maximum Gasteiger partial charge on any atom is 0.192 e. The van der Waals surface area contributed by atoms with Crippen LogP contribution in [0.5, 0.6) is 0 Å². The molecule has 1 aliphatic carbocycles. The van der Waals surface area contributed by atoms with E-state index in [-0.39, 0.29) is 11.5 Å². The van der Waals surface area contributed by atoms with Crippen LogP contribution >= 0.6 is 0 Å². The third-order valence-corrected chi connectivity index (χ3v) is 5.38. The molecule has 0 aromatic heterocycles. The first-order valence-corrected chi connectivity index (χ1v) is 6.53. The minimum absolute atomic E-state index is 0.0826. The lowest BCUT2D eigenvalue weighted by molar-refractivity contribution is -0.194. The van der Waals surface area contributed by atoms with Crippen molar-refractivity contribution in [1.82, 2.24) is 0 Å². The molecule has 5 atom stereocenters. The minimum Gasteiger partial charge on any atom is -0.362 e. The zero-order chi connectivity index (χ0) is 11.7. The maximum atomic E-state index is 10.7. The summed E-state index contributed by atoms with van der Waals surface area (Å²) in [7, 11) is 0. The molecule has 1 spiro atoms. The summed E-state index contributed by atoms with van der Waals surface area (Å²) in [6, 6.07) is 0. The Kier molecular flexibility index (Phi) is 1.96. The zero-order valence-corrected chi connectivity index (χ0v) is 10.5. The number of fused-ring (bicyclic) bond motifs is 1. The molecule has 1 saturated carbocycles. The average molecular weight is 222 g/mol. The molecule has 2 bridgehead atoms. The van der Waals surface area contributed by atoms with Gasteiger partial charge in [-0.3, -0.25) is 0 Å². The Bertz CT molecular complexity index is 349. The molecule has 3 unspecified atom stereocenters. The topological polar surface area (TPSA) is 29.5 Å². The molecular weight excluding hydrogens is 200 g/mol. The fraction of sp³-hybridized carbons (Fsp3) is 0.857. The summed E-state index contributed by atoms with van der Waals surface area (Å²) < 4.78 is 6.13. The van der Waals surface area contributed by atoms with Crippen molar-refractivity contribution in [2.75, 3.05) is 0 Å². The fourth-order valence-electron chi connectivity index (χ4n) is 4.36. The van der Waals surface area contributed by atoms with E-state index in [4.69, 9.17) is 4.74 Å². The van der Waals surface area contributed by atoms with Crippen LogP contribution < -0.4 is 0 Å². The van der Waals surface area contributed by atoms with Gasteiger partial charge in [0.1, 0.15) is 0 Å². The molecule has 0 aromatic carbocycles. The second-order valence-corrected chi connectivity index (χ2v) is 6.36. The summed E-state index contributed by atoms with van der Waals surface area (Å²) in [5.41, 5.74) is 0.877. The van der Waals surface area contributed by atoms with Crippen LogP contribution in [0.15, 0.2) is 12.2 Å². The van der Waals surface area contributed by atoms with Gasteiger partial charge < -0.3 is 9.84 Å². The van der Waals surface area contributed by atoms with E-state index >= 15 is 0 Å². The molecule has 2 nitrogen and oxygen atoms in total. The summed E-state index contributed by atoms with van der Waals surface area (Å²) in [6.07, 6.45) is 3.38. The van der Waals surface area contributed by atoms with Crippen LogP contribution in [-0.2, 0) is 4.74 Å². The van der Waals surface area contributed by atoms with Gasteiger partial charge in [0.15, 0.2) is 5.79 Å². The molecule has 1 N–H and O–H groups in total. The van der Waals surface area contributed by atoms with Gasteiger partial charge >= 0.3 is 0 Å². The van der Waals surface area contributed by atoms with Gasteiger partial charge in [-0.15, -0.1) is 0 Å². The number of rotatable bonds is 1. The SMILES string of the molecule is C=C1C2CCC(C)[C@@]23CC(C(C)C)[C@]1(O)O3. The Morgan fingerprint density at radius 1 is 1.44 bits per heavy atom. The number of hydrogen-bond acceptors (Lipinski definition) is 2. The minimum atomic E-state index is -1.02. The highest BCUT2D eigenvalue weighted by atomic mass is 16.7. The van der Waals surface area contributed by atoms with E-state index in [2.05, 4.69) is 27.4 Å². The van der Waals surface area contributed by atoms with Crippen molar-refractivity contribution in [2.24, 2.45) is 23.7 Å². The van der Waals surface area contributed by atoms with Crippen molar-refractivity contribution in [1.29, 1.82) is 0 Å². The summed E-state index contributed by atoms with van der Waals surface area (Å²) in [5.74, 6) is 0.634. The Labute approximate surface area is 97.7 Å². The Hall–Kier alpha value is -0.340. The molecule has 0 amide bonds. The Morgan fingerprint density at radius 3 is 2.75 bits per heavy atom. The largest absolute Gasteiger partial charge is 0.362 e. The normalized spacial score (nSPS) is 55.1. The Balaban J connectivity index is 2.05. The quantitative estimate of drug-likeness (QED) is 0.691. The zero-order valence-electron chi connectivity index (χ0n) is 10.5. The van der Waals surface area contributed by atoms with Crippen molar-refractivity contribution in [3.63, 3.8) is 0 Å². The summed E-state index contributed by atoms with van der Waals surface area (Å²) >= 11 is 0. The molecule has 2 saturated heterocycles. The fourth-order valence-corrected chi connectivity index (χ4v) is 4.36. The number of ether oxygens (including phenoxy) is 1. The van der Waals surface area contributed by atoms with E-state index in [1.807, 2.05) is 0 Å². The van der Waals surface area contributed by atoms with Crippen molar-refractivity contribution < 1.29 is 9.84 Å². The van der Waals surface area contributed by atoms with E-state index in [1.54, 1.807) is 0 Å². The second kappa shape index (κ2) is 2.91. The van der Waals surface area contributed by atoms with Gasteiger partial charge in [-0.1, -0.05) is 27.4 Å². The standard InChI is InChI=1S/C14H22O2/c1-8(2)12-7-13-9(3)5-6-11(13)10(4)14(12,15)16-13/h8-9,11-12,15H,4-7H2,1-3H3/t9?,11?,12?,13-,14+/m0/s1. The smallest absolute Gasteiger partial charge is 0.192 e. The summed E-state index contributed by atoms with van der Waals surface area (Å²) in [4.78, 5) is 0. The van der Waals surface area contributed by atoms with Gasteiger partial charge in [0, 0.05) is 11.8 Å². The van der Waals surface area contributed by atoms with Gasteiger partial charge in [-0.2, -0.15) is 0 Å². The van der Waals surface area contributed by atoms with E-state index in [0.717, 1.165) is 18.4 Å². The van der Waals surface area contributed by atoms with Gasteiger partial charge in [-0.05, 0) is 36.7 Å². The van der Waals surface area contributed by atoms with Crippen molar-refractivity contribution in [3.05, 3.63) is 12.2 Å². The highest BCUT2D eigenvalue weighted by Gasteiger charge is 2.71. The Morgan fingerprint density at radius 2 is 2.12 bits per heavy atom. The first-order chi connectivity index (χ1) is 7.42. The highest BCUT2D eigenvalue weighted by molar-refractivity contribution is 5.33. The van der Waals surface area contributed by atoms with Crippen LogP contribution in [-0.4, -0.2) is 16.5 Å². The first-order valence-electron chi connectivity index (χ1n) is 6.53. The van der Waals surface area contributed by atoms with E-state index in [0.29, 0.717) is 17.8 Å². The third kappa shape index (κ3) is 0.964. The molecule has 2 heterocycles. The van der Waals surface area contributed by atoms with Crippen LogP contribution in [0.4, 0.5) is 0 Å². The number of aliphatic hydroxyl groups is 1. The van der Waals surface area contributed by atoms with Gasteiger partial charge in [0.05, 0.1) is 5.60 Å². The van der Waals surface area contributed by atoms with Crippen LogP contribution in [0.25, 0.3) is 0 Å². The van der Waals surface area contributed by atoms with E-state index in [9.17, 15) is 5.11 Å². The van der Waals surface area contributed by atoms with Crippen LogP contribution in [0, 0.1) is 23.7 Å². The molecular formula is C14H22O2. The molecule has 3 aliphatic rings. The van der Waals surface area contributed by atoms with Crippen molar-refractivity contribution in [3.8, 4) is 0 Å². The molecule has 2 heteroatoms. The average Bonchev–Trinajstić information content (AvgIpc) is 2.75. The number of hydrogen-bond donors (Lipinski definition) is 1. The molecule has 0 aromatic rings. The third-order valence-electron chi connectivity index (χ3n) is 5.38.